The lowest BCUT2D eigenvalue weighted by molar-refractivity contribution is -0.163. The quantitative estimate of drug-likeness (QED) is 0.221. The van der Waals surface area contributed by atoms with E-state index in [4.69, 9.17) is 4.74 Å². The van der Waals surface area contributed by atoms with E-state index in [0.29, 0.717) is 43.3 Å². The number of benzene rings is 4. The molecule has 2 unspecified atom stereocenters. The second-order valence-electron chi connectivity index (χ2n) is 15.6. The first-order chi connectivity index (χ1) is 26.8. The zero-order chi connectivity index (χ0) is 37.6. The first-order valence-corrected chi connectivity index (χ1v) is 19.6. The molecule has 0 saturated carbocycles. The minimum atomic E-state index is -0.502. The van der Waals surface area contributed by atoms with Gasteiger partial charge >= 0.3 is 0 Å². The number of hydrogen-bond acceptors (Lipinski definition) is 8. The third-order valence-corrected chi connectivity index (χ3v) is 12.3. The molecular weight excluding hydrogens is 698 g/mol. The van der Waals surface area contributed by atoms with Crippen LogP contribution in [-0.4, -0.2) is 90.2 Å². The first kappa shape index (κ1) is 35.3. The number of anilines is 2. The predicted molar refractivity (Wildman–Crippen MR) is 207 cm³/mol. The normalized spacial score (nSPS) is 22.2. The molecule has 4 aromatic rings. The third kappa shape index (κ3) is 6.79. The van der Waals surface area contributed by atoms with E-state index < -0.39 is 11.7 Å². The predicted octanol–water partition coefficient (Wildman–Crippen LogP) is 6.29. The van der Waals surface area contributed by atoms with E-state index in [2.05, 4.69) is 58.3 Å². The molecular formula is C44H46FN5O5. The molecule has 1 N–H and O–H groups in total. The van der Waals surface area contributed by atoms with Gasteiger partial charge in [-0.25, -0.2) is 9.40 Å². The van der Waals surface area contributed by atoms with Crippen molar-refractivity contribution in [3.63, 3.8) is 0 Å². The maximum atomic E-state index is 15.5. The fraction of sp³-hybridized carbons (Fsp3) is 0.386. The summed E-state index contributed by atoms with van der Waals surface area (Å²) < 4.78 is 21.6. The first-order valence-electron chi connectivity index (χ1n) is 19.6. The molecule has 284 valence electrons. The molecule has 3 saturated heterocycles. The number of ether oxygens (including phenoxy) is 1. The molecule has 0 spiro atoms. The molecule has 3 fully saturated rings. The molecule has 5 heterocycles. The van der Waals surface area contributed by atoms with Crippen LogP contribution in [0.25, 0.3) is 0 Å². The second kappa shape index (κ2) is 14.7. The molecule has 5 aliphatic heterocycles. The number of nitrogens with zero attached hydrogens (tertiary/aromatic N) is 5. The lowest BCUT2D eigenvalue weighted by Gasteiger charge is -2.40. The van der Waals surface area contributed by atoms with Crippen LogP contribution in [0.5, 0.6) is 11.5 Å². The molecule has 0 radical (unpaired) electrons. The van der Waals surface area contributed by atoms with Gasteiger partial charge in [0.25, 0.3) is 5.91 Å². The SMILES string of the molecule is O=C1c2cc(F)c(N3CCN(CC4CCN(c5ccc(C6c7ccc(O)cc7OCC6c6ccccc6)cc5)CC4)CC3)cc2CN1N1C(=O)CCCC1=O. The minimum absolute atomic E-state index is 0.0903. The van der Waals surface area contributed by atoms with Gasteiger partial charge in [0, 0.05) is 93.4 Å². The van der Waals surface area contributed by atoms with Gasteiger partial charge in [-0.2, -0.15) is 5.01 Å². The molecule has 4 aromatic carbocycles. The van der Waals surface area contributed by atoms with Gasteiger partial charge in [0.1, 0.15) is 17.3 Å². The molecule has 55 heavy (non-hydrogen) atoms. The van der Waals surface area contributed by atoms with Crippen molar-refractivity contribution in [2.75, 3.05) is 62.2 Å². The zero-order valence-corrected chi connectivity index (χ0v) is 30.9. The van der Waals surface area contributed by atoms with E-state index in [9.17, 15) is 19.5 Å². The summed E-state index contributed by atoms with van der Waals surface area (Å²) in [7, 11) is 0. The number of hydrogen-bond donors (Lipinski definition) is 1. The number of rotatable bonds is 7. The van der Waals surface area contributed by atoms with Gasteiger partial charge in [-0.15, -0.1) is 0 Å². The van der Waals surface area contributed by atoms with E-state index in [-0.39, 0.29) is 54.3 Å². The second-order valence-corrected chi connectivity index (χ2v) is 15.6. The molecule has 0 aromatic heterocycles. The van der Waals surface area contributed by atoms with Crippen molar-refractivity contribution in [2.45, 2.75) is 50.5 Å². The zero-order valence-electron chi connectivity index (χ0n) is 30.9. The molecule has 10 nitrogen and oxygen atoms in total. The number of aromatic hydroxyl groups is 1. The van der Waals surface area contributed by atoms with Gasteiger partial charge in [0.15, 0.2) is 0 Å². The van der Waals surface area contributed by atoms with E-state index in [1.165, 1.54) is 27.9 Å². The minimum Gasteiger partial charge on any atom is -0.508 e. The summed E-state index contributed by atoms with van der Waals surface area (Å²) in [4.78, 5) is 45.1. The van der Waals surface area contributed by atoms with E-state index >= 15 is 4.39 Å². The van der Waals surface area contributed by atoms with Crippen LogP contribution in [0.2, 0.25) is 0 Å². The number of carbonyl (C=O) groups excluding carboxylic acids is 3. The van der Waals surface area contributed by atoms with Crippen LogP contribution in [0.1, 0.15) is 76.6 Å². The summed E-state index contributed by atoms with van der Waals surface area (Å²) in [5.74, 6) is 0.115. The molecule has 0 bridgehead atoms. The maximum absolute atomic E-state index is 15.5. The summed E-state index contributed by atoms with van der Waals surface area (Å²) >= 11 is 0. The van der Waals surface area contributed by atoms with Crippen molar-refractivity contribution in [2.24, 2.45) is 5.92 Å². The molecule has 0 aliphatic carbocycles. The Labute approximate surface area is 320 Å². The highest BCUT2D eigenvalue weighted by molar-refractivity contribution is 6.04. The Morgan fingerprint density at radius 1 is 0.764 bits per heavy atom. The average Bonchev–Trinajstić information content (AvgIpc) is 3.52. The van der Waals surface area contributed by atoms with Gasteiger partial charge in [-0.3, -0.25) is 19.3 Å². The number of carbonyl (C=O) groups is 3. The highest BCUT2D eigenvalue weighted by Gasteiger charge is 2.40. The van der Waals surface area contributed by atoms with Crippen LogP contribution in [-0.2, 0) is 16.1 Å². The Morgan fingerprint density at radius 3 is 2.22 bits per heavy atom. The smallest absolute Gasteiger partial charge is 0.273 e. The summed E-state index contributed by atoms with van der Waals surface area (Å²) in [6.07, 6.45) is 3.16. The van der Waals surface area contributed by atoms with Gasteiger partial charge in [0.05, 0.1) is 18.8 Å². The van der Waals surface area contributed by atoms with E-state index in [1.54, 1.807) is 18.2 Å². The lowest BCUT2D eigenvalue weighted by Crippen LogP contribution is -2.51. The Bertz CT molecular complexity index is 2080. The number of amides is 3. The molecule has 5 aliphatic rings. The van der Waals surface area contributed by atoms with E-state index in [0.717, 1.165) is 61.9 Å². The number of hydrazine groups is 1. The summed E-state index contributed by atoms with van der Waals surface area (Å²) in [6, 6.07) is 28.0. The van der Waals surface area contributed by atoms with Crippen molar-refractivity contribution >= 4 is 29.1 Å². The summed E-state index contributed by atoms with van der Waals surface area (Å²) in [5.41, 5.74) is 6.14. The van der Waals surface area contributed by atoms with Crippen molar-refractivity contribution in [3.8, 4) is 11.5 Å². The van der Waals surface area contributed by atoms with Crippen LogP contribution in [0.3, 0.4) is 0 Å². The fourth-order valence-corrected chi connectivity index (χ4v) is 9.32. The van der Waals surface area contributed by atoms with Crippen molar-refractivity contribution < 1.29 is 28.6 Å². The number of imide groups is 1. The Balaban J connectivity index is 0.794. The average molecular weight is 744 g/mol. The number of phenolic OH excluding ortho intramolecular Hbond substituents is 1. The van der Waals surface area contributed by atoms with Gasteiger partial charge in [-0.05, 0) is 72.2 Å². The highest BCUT2D eigenvalue weighted by Crippen LogP contribution is 2.47. The van der Waals surface area contributed by atoms with Crippen LogP contribution >= 0.6 is 0 Å². The Morgan fingerprint density at radius 2 is 1.49 bits per heavy atom. The number of piperidine rings is 2. The van der Waals surface area contributed by atoms with Crippen molar-refractivity contribution in [1.29, 1.82) is 0 Å². The molecule has 9 rings (SSSR count). The largest absolute Gasteiger partial charge is 0.508 e. The summed E-state index contributed by atoms with van der Waals surface area (Å²) in [6.45, 7) is 6.70. The molecule has 11 heteroatoms. The summed E-state index contributed by atoms with van der Waals surface area (Å²) in [5, 5.41) is 12.3. The number of piperazine rings is 1. The van der Waals surface area contributed by atoms with Crippen molar-refractivity contribution in [1.82, 2.24) is 14.9 Å². The number of phenols is 1. The van der Waals surface area contributed by atoms with Crippen LogP contribution in [0.4, 0.5) is 15.8 Å². The van der Waals surface area contributed by atoms with Gasteiger partial charge in [-0.1, -0.05) is 48.5 Å². The van der Waals surface area contributed by atoms with Crippen LogP contribution < -0.4 is 14.5 Å². The van der Waals surface area contributed by atoms with Crippen LogP contribution in [0.15, 0.2) is 84.9 Å². The van der Waals surface area contributed by atoms with Gasteiger partial charge < -0.3 is 19.6 Å². The molecule has 2 atom stereocenters. The Hall–Kier alpha value is -5.42. The topological polar surface area (TPSA) is 96.9 Å². The monoisotopic (exact) mass is 743 g/mol. The van der Waals surface area contributed by atoms with Gasteiger partial charge in [0.2, 0.25) is 11.8 Å². The number of halogens is 1. The van der Waals surface area contributed by atoms with Crippen LogP contribution in [0, 0.1) is 11.7 Å². The van der Waals surface area contributed by atoms with Crippen molar-refractivity contribution in [3.05, 3.63) is 119 Å². The fourth-order valence-electron chi connectivity index (χ4n) is 9.32. The Kier molecular flexibility index (Phi) is 9.41. The lowest BCUT2D eigenvalue weighted by atomic mass is 9.76. The van der Waals surface area contributed by atoms with E-state index in [1.807, 2.05) is 17.0 Å². The molecule has 3 amide bonds. The highest BCUT2D eigenvalue weighted by atomic mass is 19.1. The standard InChI is InChI=1S/C44H46FN5O5/c45-38-25-36-32(27-49(44(36)54)50-41(52)7-4-8-42(50)53)23-39(38)48-21-19-46(20-22-48)26-29-15-17-47(18-16-29)33-11-9-31(10-12-33)43-35-14-13-34(51)24-40(35)55-28-37(43)30-5-2-1-3-6-30/h1-3,5-6,9-14,23-25,29,37,43,51H,4,7-8,15-22,26-28H2. The third-order valence-electron chi connectivity index (χ3n) is 12.3. The maximum Gasteiger partial charge on any atom is 0.273 e. The number of fused-ring (bicyclic) bond motifs is 2.